The Morgan fingerprint density at radius 2 is 1.79 bits per heavy atom. The van der Waals surface area contributed by atoms with Crippen LogP contribution >= 0.6 is 0 Å². The first-order chi connectivity index (χ1) is 6.50. The zero-order chi connectivity index (χ0) is 10.7. The van der Waals surface area contributed by atoms with Gasteiger partial charge in [0.1, 0.15) is 5.82 Å². The smallest absolute Gasteiger partial charge is 0.146 e. The van der Waals surface area contributed by atoms with Gasteiger partial charge < -0.3 is 5.32 Å². The fraction of sp³-hybridized carbons (Fsp3) is 0.500. The highest BCUT2D eigenvalue weighted by Gasteiger charge is 2.06. The fourth-order valence-corrected chi connectivity index (χ4v) is 1.32. The number of rotatable bonds is 3. The van der Waals surface area contributed by atoms with Crippen LogP contribution in [0.1, 0.15) is 39.2 Å². The van der Waals surface area contributed by atoms with Crippen molar-refractivity contribution in [2.75, 3.05) is 5.32 Å². The summed E-state index contributed by atoms with van der Waals surface area (Å²) in [4.78, 5) is 0. The van der Waals surface area contributed by atoms with E-state index in [4.69, 9.17) is 0 Å². The maximum absolute atomic E-state index is 13.5. The second-order valence-corrected chi connectivity index (χ2v) is 4.19. The molecule has 0 radical (unpaired) electrons. The molecule has 0 atom stereocenters. The average molecular weight is 195 g/mol. The Bertz CT molecular complexity index is 305. The van der Waals surface area contributed by atoms with Crippen molar-refractivity contribution < 1.29 is 4.39 Å². The summed E-state index contributed by atoms with van der Waals surface area (Å²) in [5.74, 6) is 0.211. The minimum Gasteiger partial charge on any atom is -0.381 e. The Labute approximate surface area is 85.3 Å². The van der Waals surface area contributed by atoms with Gasteiger partial charge in [0.25, 0.3) is 0 Å². The molecule has 1 rings (SSSR count). The monoisotopic (exact) mass is 195 g/mol. The maximum Gasteiger partial charge on any atom is 0.146 e. The van der Waals surface area contributed by atoms with Gasteiger partial charge in [0.2, 0.25) is 0 Å². The highest BCUT2D eigenvalue weighted by atomic mass is 19.1. The second-order valence-electron chi connectivity index (χ2n) is 4.19. The molecule has 0 aliphatic carbocycles. The van der Waals surface area contributed by atoms with Gasteiger partial charge in [-0.25, -0.2) is 4.39 Å². The van der Waals surface area contributed by atoms with Gasteiger partial charge in [-0.3, -0.25) is 0 Å². The molecule has 0 unspecified atom stereocenters. The number of benzene rings is 1. The summed E-state index contributed by atoms with van der Waals surface area (Å²) in [5, 5.41) is 3.06. The van der Waals surface area contributed by atoms with Gasteiger partial charge in [-0.1, -0.05) is 19.9 Å². The van der Waals surface area contributed by atoms with Crippen LogP contribution in [0.2, 0.25) is 0 Å². The minimum absolute atomic E-state index is 0.162. The summed E-state index contributed by atoms with van der Waals surface area (Å²) in [6.45, 7) is 8.11. The molecule has 1 aromatic carbocycles. The molecule has 14 heavy (non-hydrogen) atoms. The van der Waals surface area contributed by atoms with Crippen molar-refractivity contribution in [3.8, 4) is 0 Å². The first-order valence-electron chi connectivity index (χ1n) is 5.06. The fourth-order valence-electron chi connectivity index (χ4n) is 1.32. The number of hydrogen-bond acceptors (Lipinski definition) is 1. The Hall–Kier alpha value is -1.05. The third kappa shape index (κ3) is 2.72. The lowest BCUT2D eigenvalue weighted by Crippen LogP contribution is -2.11. The Balaban J connectivity index is 2.90. The van der Waals surface area contributed by atoms with E-state index in [-0.39, 0.29) is 11.9 Å². The van der Waals surface area contributed by atoms with E-state index in [2.05, 4.69) is 19.2 Å². The summed E-state index contributed by atoms with van der Waals surface area (Å²) in [7, 11) is 0. The molecule has 78 valence electrons. The maximum atomic E-state index is 13.5. The zero-order valence-corrected chi connectivity index (χ0v) is 9.26. The molecule has 0 spiro atoms. The second kappa shape index (κ2) is 4.45. The van der Waals surface area contributed by atoms with Crippen molar-refractivity contribution in [1.29, 1.82) is 0 Å². The van der Waals surface area contributed by atoms with Crippen LogP contribution in [-0.2, 0) is 0 Å². The van der Waals surface area contributed by atoms with Gasteiger partial charge in [-0.05, 0) is 37.5 Å². The van der Waals surface area contributed by atoms with E-state index < -0.39 is 0 Å². The van der Waals surface area contributed by atoms with E-state index >= 15 is 0 Å². The first-order valence-corrected chi connectivity index (χ1v) is 5.06. The molecule has 0 heterocycles. The van der Waals surface area contributed by atoms with Crippen LogP contribution in [0.15, 0.2) is 18.2 Å². The number of hydrogen-bond donors (Lipinski definition) is 1. The largest absolute Gasteiger partial charge is 0.381 e. The molecule has 0 fully saturated rings. The van der Waals surface area contributed by atoms with Gasteiger partial charge in [0.15, 0.2) is 0 Å². The van der Waals surface area contributed by atoms with Crippen LogP contribution in [0, 0.1) is 5.82 Å². The van der Waals surface area contributed by atoms with Gasteiger partial charge in [-0.2, -0.15) is 0 Å². The lowest BCUT2D eigenvalue weighted by molar-refractivity contribution is 0.623. The Morgan fingerprint density at radius 1 is 1.14 bits per heavy atom. The van der Waals surface area contributed by atoms with Crippen molar-refractivity contribution in [2.24, 2.45) is 0 Å². The normalized spacial score (nSPS) is 11.1. The van der Waals surface area contributed by atoms with Crippen LogP contribution < -0.4 is 5.32 Å². The van der Waals surface area contributed by atoms with E-state index in [1.54, 1.807) is 6.07 Å². The quantitative estimate of drug-likeness (QED) is 0.774. The van der Waals surface area contributed by atoms with E-state index in [9.17, 15) is 4.39 Å². The van der Waals surface area contributed by atoms with Crippen molar-refractivity contribution in [1.82, 2.24) is 0 Å². The van der Waals surface area contributed by atoms with E-state index in [0.29, 0.717) is 11.6 Å². The summed E-state index contributed by atoms with van der Waals surface area (Å²) in [6.07, 6.45) is 0. The number of anilines is 1. The molecule has 1 nitrogen and oxygen atoms in total. The van der Waals surface area contributed by atoms with Gasteiger partial charge in [0, 0.05) is 6.04 Å². The lowest BCUT2D eigenvalue weighted by atomic mass is 10.0. The summed E-state index contributed by atoms with van der Waals surface area (Å²) in [5.41, 5.74) is 1.63. The topological polar surface area (TPSA) is 12.0 Å². The molecule has 0 amide bonds. The first kappa shape index (κ1) is 11.0. The standard InChI is InChI=1S/C12H18FN/c1-8(2)10-5-6-12(11(13)7-10)14-9(3)4/h5-9,14H,1-4H3. The van der Waals surface area contributed by atoms with Crippen molar-refractivity contribution in [2.45, 2.75) is 39.7 Å². The molecule has 1 N–H and O–H groups in total. The van der Waals surface area contributed by atoms with E-state index in [1.807, 2.05) is 26.0 Å². The van der Waals surface area contributed by atoms with Crippen LogP contribution in [0.4, 0.5) is 10.1 Å². The van der Waals surface area contributed by atoms with Crippen molar-refractivity contribution in [3.63, 3.8) is 0 Å². The van der Waals surface area contributed by atoms with Crippen LogP contribution in [-0.4, -0.2) is 6.04 Å². The van der Waals surface area contributed by atoms with Crippen LogP contribution in [0.3, 0.4) is 0 Å². The molecule has 0 bridgehead atoms. The molecule has 0 aliphatic rings. The van der Waals surface area contributed by atoms with E-state index in [0.717, 1.165) is 5.56 Å². The SMILES string of the molecule is CC(C)Nc1ccc(C(C)C)cc1F. The van der Waals surface area contributed by atoms with Crippen LogP contribution in [0.5, 0.6) is 0 Å². The molecular formula is C12H18FN. The third-order valence-corrected chi connectivity index (χ3v) is 2.10. The highest BCUT2D eigenvalue weighted by molar-refractivity contribution is 5.47. The van der Waals surface area contributed by atoms with Crippen LogP contribution in [0.25, 0.3) is 0 Å². The van der Waals surface area contributed by atoms with Crippen molar-refractivity contribution >= 4 is 5.69 Å². The van der Waals surface area contributed by atoms with Gasteiger partial charge in [-0.15, -0.1) is 0 Å². The van der Waals surface area contributed by atoms with Gasteiger partial charge >= 0.3 is 0 Å². The molecule has 1 aromatic rings. The average Bonchev–Trinajstić information content (AvgIpc) is 2.07. The molecule has 0 aromatic heterocycles. The van der Waals surface area contributed by atoms with Crippen molar-refractivity contribution in [3.05, 3.63) is 29.6 Å². The van der Waals surface area contributed by atoms with E-state index in [1.165, 1.54) is 0 Å². The third-order valence-electron chi connectivity index (χ3n) is 2.10. The molecule has 0 saturated heterocycles. The number of nitrogens with one attached hydrogen (secondary N) is 1. The Kier molecular flexibility index (Phi) is 3.50. The summed E-state index contributed by atoms with van der Waals surface area (Å²) < 4.78 is 13.5. The molecule has 0 aliphatic heterocycles. The lowest BCUT2D eigenvalue weighted by Gasteiger charge is -2.12. The summed E-state index contributed by atoms with van der Waals surface area (Å²) in [6, 6.07) is 5.65. The molecule has 0 saturated carbocycles. The molecular weight excluding hydrogens is 177 g/mol. The minimum atomic E-state index is -0.162. The number of halogens is 1. The summed E-state index contributed by atoms with van der Waals surface area (Å²) >= 11 is 0. The van der Waals surface area contributed by atoms with Gasteiger partial charge in [0.05, 0.1) is 5.69 Å². The highest BCUT2D eigenvalue weighted by Crippen LogP contribution is 2.21. The predicted octanol–water partition coefficient (Wildman–Crippen LogP) is 3.77. The predicted molar refractivity (Wildman–Crippen MR) is 59.2 cm³/mol. The Morgan fingerprint density at radius 3 is 2.21 bits per heavy atom. The molecule has 2 heteroatoms. The zero-order valence-electron chi connectivity index (χ0n) is 9.26.